The Kier molecular flexibility index (Phi) is 3.79. The molecule has 1 heterocycles. The fourth-order valence-electron chi connectivity index (χ4n) is 1.74. The Morgan fingerprint density at radius 1 is 1.50 bits per heavy atom. The first-order chi connectivity index (χ1) is 8.67. The van der Waals surface area contributed by atoms with E-state index in [0.29, 0.717) is 22.7 Å². The fourth-order valence-corrected chi connectivity index (χ4v) is 2.03. The van der Waals surface area contributed by atoms with Gasteiger partial charge in [-0.05, 0) is 24.6 Å². The van der Waals surface area contributed by atoms with Crippen LogP contribution in [-0.4, -0.2) is 23.2 Å². The van der Waals surface area contributed by atoms with Gasteiger partial charge in [-0.1, -0.05) is 23.7 Å². The summed E-state index contributed by atoms with van der Waals surface area (Å²) in [7, 11) is 1.55. The molecule has 2 rings (SSSR count). The molecule has 0 saturated heterocycles. The second kappa shape index (κ2) is 5.33. The van der Waals surface area contributed by atoms with Crippen molar-refractivity contribution in [3.63, 3.8) is 0 Å². The number of hydrogen-bond donors (Lipinski definition) is 0. The highest BCUT2D eigenvalue weighted by Gasteiger charge is 2.16. The van der Waals surface area contributed by atoms with Gasteiger partial charge in [-0.2, -0.15) is 5.10 Å². The third-order valence-electron chi connectivity index (χ3n) is 2.58. The molecule has 0 unspecified atom stereocenters. The molecule has 0 radical (unpaired) electrons. The summed E-state index contributed by atoms with van der Waals surface area (Å²) in [5, 5.41) is 4.62. The van der Waals surface area contributed by atoms with E-state index >= 15 is 0 Å². The van der Waals surface area contributed by atoms with Crippen LogP contribution in [-0.2, 0) is 11.3 Å². The van der Waals surface area contributed by atoms with Crippen molar-refractivity contribution in [2.24, 2.45) is 0 Å². The molecule has 0 spiro atoms. The number of hydrogen-bond acceptors (Lipinski definition) is 3. The zero-order chi connectivity index (χ0) is 13.1. The van der Waals surface area contributed by atoms with Gasteiger partial charge in [0.2, 0.25) is 0 Å². The smallest absolute Gasteiger partial charge is 0.155 e. The largest absolute Gasteiger partial charge is 0.378 e. The monoisotopic (exact) mass is 264 g/mol. The van der Waals surface area contributed by atoms with Crippen molar-refractivity contribution in [1.82, 2.24) is 9.78 Å². The zero-order valence-corrected chi connectivity index (χ0v) is 10.9. The number of halogens is 1. The summed E-state index contributed by atoms with van der Waals surface area (Å²) in [4.78, 5) is 11.0. The average molecular weight is 265 g/mol. The normalized spacial score (nSPS) is 10.6. The number of aldehydes is 1. The van der Waals surface area contributed by atoms with Crippen molar-refractivity contribution in [3.05, 3.63) is 46.2 Å². The van der Waals surface area contributed by atoms with Gasteiger partial charge in [-0.3, -0.25) is 4.79 Å². The lowest BCUT2D eigenvalue weighted by Gasteiger charge is -2.03. The van der Waals surface area contributed by atoms with E-state index in [1.165, 1.54) is 0 Å². The number of rotatable bonds is 4. The predicted molar refractivity (Wildman–Crippen MR) is 69.4 cm³/mol. The molecule has 0 aliphatic rings. The first-order valence-corrected chi connectivity index (χ1v) is 5.83. The third kappa shape index (κ3) is 2.30. The Morgan fingerprint density at radius 3 is 2.89 bits per heavy atom. The minimum absolute atomic E-state index is 0.257. The maximum atomic E-state index is 11.0. The van der Waals surface area contributed by atoms with Gasteiger partial charge in [0.25, 0.3) is 0 Å². The van der Waals surface area contributed by atoms with Gasteiger partial charge in [0.15, 0.2) is 6.29 Å². The highest BCUT2D eigenvalue weighted by atomic mass is 35.5. The van der Waals surface area contributed by atoms with Gasteiger partial charge in [0.05, 0.1) is 17.9 Å². The van der Waals surface area contributed by atoms with E-state index in [1.54, 1.807) is 11.8 Å². The van der Waals surface area contributed by atoms with Crippen LogP contribution in [0.25, 0.3) is 5.69 Å². The topological polar surface area (TPSA) is 44.1 Å². The highest BCUT2D eigenvalue weighted by Crippen LogP contribution is 2.23. The Balaban J connectivity index is 2.54. The number of aryl methyl sites for hydroxylation is 1. The number of methoxy groups -OCH3 is 1. The fraction of sp³-hybridized carbons (Fsp3) is 0.231. The van der Waals surface area contributed by atoms with Crippen LogP contribution in [0, 0.1) is 6.92 Å². The van der Waals surface area contributed by atoms with Crippen LogP contribution in [0.2, 0.25) is 5.15 Å². The van der Waals surface area contributed by atoms with Crippen LogP contribution in [0.15, 0.2) is 24.3 Å². The van der Waals surface area contributed by atoms with E-state index in [9.17, 15) is 4.79 Å². The molecule has 0 fully saturated rings. The SMILES string of the molecule is COCc1nn(-c2cccc(C)c2)c(Cl)c1C=O. The summed E-state index contributed by atoms with van der Waals surface area (Å²) in [5.74, 6) is 0. The number of ether oxygens (including phenoxy) is 1. The van der Waals surface area contributed by atoms with Crippen LogP contribution >= 0.6 is 11.6 Å². The van der Waals surface area contributed by atoms with Crippen LogP contribution in [0.4, 0.5) is 0 Å². The van der Waals surface area contributed by atoms with Gasteiger partial charge in [0.1, 0.15) is 10.8 Å². The minimum Gasteiger partial charge on any atom is -0.378 e. The van der Waals surface area contributed by atoms with Gasteiger partial charge >= 0.3 is 0 Å². The van der Waals surface area contributed by atoms with Crippen LogP contribution in [0.5, 0.6) is 0 Å². The summed E-state index contributed by atoms with van der Waals surface area (Å²) in [5.41, 5.74) is 2.84. The first-order valence-electron chi connectivity index (χ1n) is 5.46. The van der Waals surface area contributed by atoms with E-state index < -0.39 is 0 Å². The third-order valence-corrected chi connectivity index (χ3v) is 2.95. The lowest BCUT2D eigenvalue weighted by Crippen LogP contribution is -1.98. The zero-order valence-electron chi connectivity index (χ0n) is 10.2. The standard InChI is InChI=1S/C13H13ClN2O2/c1-9-4-3-5-10(6-9)16-13(14)11(7-17)12(15-16)8-18-2/h3-7H,8H2,1-2H3. The minimum atomic E-state index is 0.257. The summed E-state index contributed by atoms with van der Waals surface area (Å²) < 4.78 is 6.55. The Hall–Kier alpha value is -1.65. The van der Waals surface area contributed by atoms with Gasteiger partial charge in [-0.25, -0.2) is 4.68 Å². The van der Waals surface area contributed by atoms with E-state index in [2.05, 4.69) is 5.10 Å². The van der Waals surface area contributed by atoms with E-state index in [0.717, 1.165) is 11.3 Å². The number of aromatic nitrogens is 2. The molecule has 4 nitrogen and oxygen atoms in total. The molecular weight excluding hydrogens is 252 g/mol. The number of benzene rings is 1. The van der Waals surface area contributed by atoms with Crippen molar-refractivity contribution in [2.45, 2.75) is 13.5 Å². The molecule has 0 saturated carbocycles. The molecular formula is C13H13ClN2O2. The predicted octanol–water partition coefficient (Wildman–Crippen LogP) is 2.79. The lowest BCUT2D eigenvalue weighted by molar-refractivity contribution is 0.111. The maximum absolute atomic E-state index is 11.0. The van der Waals surface area contributed by atoms with Gasteiger partial charge in [-0.15, -0.1) is 0 Å². The molecule has 0 N–H and O–H groups in total. The lowest BCUT2D eigenvalue weighted by atomic mass is 10.2. The number of carbonyl (C=O) groups excluding carboxylic acids is 1. The quantitative estimate of drug-likeness (QED) is 0.798. The molecule has 0 atom stereocenters. The van der Waals surface area contributed by atoms with Crippen LogP contribution in [0.1, 0.15) is 21.6 Å². The Bertz CT molecular complexity index is 578. The molecule has 0 amide bonds. The molecule has 18 heavy (non-hydrogen) atoms. The number of nitrogens with zero attached hydrogens (tertiary/aromatic N) is 2. The molecule has 0 aliphatic heterocycles. The van der Waals surface area contributed by atoms with Crippen LogP contribution < -0.4 is 0 Å². The molecule has 0 bridgehead atoms. The second-order valence-electron chi connectivity index (χ2n) is 3.95. The molecule has 5 heteroatoms. The maximum Gasteiger partial charge on any atom is 0.155 e. The Labute approximate surface area is 110 Å². The molecule has 1 aromatic carbocycles. The van der Waals surface area contributed by atoms with Gasteiger partial charge in [0, 0.05) is 7.11 Å². The molecule has 0 aliphatic carbocycles. The summed E-state index contributed by atoms with van der Waals surface area (Å²) >= 11 is 6.17. The number of carbonyl (C=O) groups is 1. The van der Waals surface area contributed by atoms with E-state index in [4.69, 9.17) is 16.3 Å². The Morgan fingerprint density at radius 2 is 2.28 bits per heavy atom. The van der Waals surface area contributed by atoms with E-state index in [1.807, 2.05) is 31.2 Å². The molecule has 94 valence electrons. The summed E-state index contributed by atoms with van der Waals surface area (Å²) in [6, 6.07) is 7.73. The average Bonchev–Trinajstić information content (AvgIpc) is 2.66. The first kappa shape index (κ1) is 12.8. The second-order valence-corrected chi connectivity index (χ2v) is 4.31. The molecule has 1 aromatic heterocycles. The van der Waals surface area contributed by atoms with Crippen molar-refractivity contribution < 1.29 is 9.53 Å². The summed E-state index contributed by atoms with van der Waals surface area (Å²) in [6.45, 7) is 2.24. The summed E-state index contributed by atoms with van der Waals surface area (Å²) in [6.07, 6.45) is 0.704. The van der Waals surface area contributed by atoms with Crippen molar-refractivity contribution >= 4 is 17.9 Å². The van der Waals surface area contributed by atoms with Crippen molar-refractivity contribution in [3.8, 4) is 5.69 Å². The van der Waals surface area contributed by atoms with E-state index in [-0.39, 0.29) is 6.61 Å². The van der Waals surface area contributed by atoms with Crippen molar-refractivity contribution in [1.29, 1.82) is 0 Å². The van der Waals surface area contributed by atoms with Gasteiger partial charge < -0.3 is 4.74 Å². The highest BCUT2D eigenvalue weighted by molar-refractivity contribution is 6.32. The van der Waals surface area contributed by atoms with Crippen molar-refractivity contribution in [2.75, 3.05) is 7.11 Å². The van der Waals surface area contributed by atoms with Crippen LogP contribution in [0.3, 0.4) is 0 Å². The molecule has 2 aromatic rings.